The maximum Gasteiger partial charge on any atom is 0.343 e. The van der Waals surface area contributed by atoms with E-state index in [0.717, 1.165) is 42.7 Å². The molecule has 3 amide bonds. The first-order chi connectivity index (χ1) is 19.4. The highest BCUT2D eigenvalue weighted by molar-refractivity contribution is 6.00. The molecule has 210 valence electrons. The maximum absolute atomic E-state index is 12.8. The summed E-state index contributed by atoms with van der Waals surface area (Å²) in [4.78, 5) is 36.7. The van der Waals surface area contributed by atoms with E-state index in [1.54, 1.807) is 42.5 Å². The van der Waals surface area contributed by atoms with Crippen LogP contribution < -0.4 is 30.7 Å². The van der Waals surface area contributed by atoms with Gasteiger partial charge in [-0.15, -0.1) is 0 Å². The Hall–Kier alpha value is -4.57. The van der Waals surface area contributed by atoms with Gasteiger partial charge in [0, 0.05) is 23.1 Å². The third kappa shape index (κ3) is 8.47. The molecule has 40 heavy (non-hydrogen) atoms. The van der Waals surface area contributed by atoms with E-state index in [0.29, 0.717) is 22.9 Å². The molecule has 1 saturated heterocycles. The minimum Gasteiger partial charge on any atom is -0.486 e. The Bertz CT molecular complexity index is 1320. The summed E-state index contributed by atoms with van der Waals surface area (Å²) in [5.41, 5.74) is 3.58. The van der Waals surface area contributed by atoms with Crippen LogP contribution in [-0.2, 0) is 20.7 Å². The Morgan fingerprint density at radius 3 is 2.33 bits per heavy atom. The summed E-state index contributed by atoms with van der Waals surface area (Å²) in [6.07, 6.45) is 1.89. The Kier molecular flexibility index (Phi) is 9.95. The van der Waals surface area contributed by atoms with Gasteiger partial charge in [-0.3, -0.25) is 4.79 Å². The number of nitrogens with one attached hydrogen (secondary N) is 4. The van der Waals surface area contributed by atoms with Crippen LogP contribution in [0.1, 0.15) is 24.0 Å². The average molecular weight is 547 g/mol. The molecule has 0 bridgehead atoms. The van der Waals surface area contributed by atoms with Crippen LogP contribution in [-0.4, -0.2) is 50.8 Å². The van der Waals surface area contributed by atoms with Crippen LogP contribution >= 0.6 is 0 Å². The molecule has 0 unspecified atom stereocenters. The molecule has 10 heteroatoms. The fourth-order valence-corrected chi connectivity index (χ4v) is 4.18. The third-order valence-electron chi connectivity index (χ3n) is 6.35. The lowest BCUT2D eigenvalue weighted by Gasteiger charge is -2.25. The van der Waals surface area contributed by atoms with Gasteiger partial charge in [-0.25, -0.2) is 9.59 Å². The number of carbonyl (C=O) groups excluding carboxylic acids is 3. The first-order valence-corrected chi connectivity index (χ1v) is 13.1. The number of hydrogen-bond acceptors (Lipinski definition) is 7. The topological polar surface area (TPSA) is 127 Å². The van der Waals surface area contributed by atoms with Gasteiger partial charge in [-0.2, -0.15) is 0 Å². The molecule has 10 nitrogen and oxygen atoms in total. The number of benzene rings is 3. The lowest BCUT2D eigenvalue weighted by molar-refractivity contribution is -0.143. The summed E-state index contributed by atoms with van der Waals surface area (Å²) < 4.78 is 16.5. The van der Waals surface area contributed by atoms with Gasteiger partial charge in [0.15, 0.2) is 18.1 Å². The number of para-hydroxylation sites is 1. The van der Waals surface area contributed by atoms with Gasteiger partial charge in [0.1, 0.15) is 6.10 Å². The average Bonchev–Trinajstić information content (AvgIpc) is 2.95. The van der Waals surface area contributed by atoms with Crippen molar-refractivity contribution >= 4 is 35.0 Å². The molecular formula is C30H34N4O6. The van der Waals surface area contributed by atoms with Crippen molar-refractivity contribution < 1.29 is 28.6 Å². The highest BCUT2D eigenvalue weighted by Crippen LogP contribution is 2.32. The number of piperidine rings is 1. The summed E-state index contributed by atoms with van der Waals surface area (Å²) in [6, 6.07) is 19.3. The molecule has 3 aromatic rings. The molecule has 1 fully saturated rings. The van der Waals surface area contributed by atoms with Gasteiger partial charge in [0.2, 0.25) is 5.91 Å². The zero-order valence-corrected chi connectivity index (χ0v) is 22.6. The molecule has 4 rings (SSSR count). The van der Waals surface area contributed by atoms with Gasteiger partial charge in [-0.05, 0) is 74.3 Å². The Labute approximate surface area is 233 Å². The molecule has 0 radical (unpaired) electrons. The SMILES string of the molecule is COC(=O)COc1cc(NC(=O)Cc2ccc(NC(=O)Nc3ccccc3C)cc2)ccc1OC1CCNCC1. The zero-order chi connectivity index (χ0) is 28.3. The summed E-state index contributed by atoms with van der Waals surface area (Å²) in [5, 5.41) is 11.8. The van der Waals surface area contributed by atoms with E-state index in [1.807, 2.05) is 31.2 Å². The number of rotatable bonds is 10. The molecule has 1 aliphatic rings. The second-order valence-corrected chi connectivity index (χ2v) is 9.41. The molecule has 1 aliphatic heterocycles. The fraction of sp³-hybridized carbons (Fsp3) is 0.300. The van der Waals surface area contributed by atoms with Crippen molar-refractivity contribution in [1.82, 2.24) is 5.32 Å². The van der Waals surface area contributed by atoms with Crippen LogP contribution in [0.2, 0.25) is 0 Å². The number of hydrogen-bond donors (Lipinski definition) is 4. The van der Waals surface area contributed by atoms with E-state index >= 15 is 0 Å². The van der Waals surface area contributed by atoms with Crippen LogP contribution in [0.15, 0.2) is 66.7 Å². The van der Waals surface area contributed by atoms with Crippen LogP contribution in [0.3, 0.4) is 0 Å². The standard InChI is InChI=1S/C30H34N4O6/c1-20-5-3-4-6-25(20)34-30(37)33-22-9-7-21(8-10-22)17-28(35)32-23-11-12-26(40-24-13-15-31-16-14-24)27(18-23)39-19-29(36)38-2/h3-12,18,24,31H,13-17,19H2,1-2H3,(H,32,35)(H2,33,34,37). The first-order valence-electron chi connectivity index (χ1n) is 13.1. The summed E-state index contributed by atoms with van der Waals surface area (Å²) >= 11 is 0. The summed E-state index contributed by atoms with van der Waals surface area (Å²) in [7, 11) is 1.29. The van der Waals surface area contributed by atoms with Crippen molar-refractivity contribution in [3.05, 3.63) is 77.9 Å². The molecule has 0 aromatic heterocycles. The number of methoxy groups -OCH3 is 1. The van der Waals surface area contributed by atoms with E-state index in [1.165, 1.54) is 7.11 Å². The van der Waals surface area contributed by atoms with Gasteiger partial charge in [-0.1, -0.05) is 30.3 Å². The molecule has 0 atom stereocenters. The van der Waals surface area contributed by atoms with Crippen molar-refractivity contribution in [2.75, 3.05) is 42.8 Å². The number of carbonyl (C=O) groups is 3. The lowest BCUT2D eigenvalue weighted by Crippen LogP contribution is -2.34. The predicted octanol–water partition coefficient (Wildman–Crippen LogP) is 4.50. The van der Waals surface area contributed by atoms with E-state index in [-0.39, 0.29) is 31.1 Å². The van der Waals surface area contributed by atoms with Crippen LogP contribution in [0.25, 0.3) is 0 Å². The number of aryl methyl sites for hydroxylation is 1. The molecule has 3 aromatic carbocycles. The Morgan fingerprint density at radius 2 is 1.60 bits per heavy atom. The molecule has 4 N–H and O–H groups in total. The van der Waals surface area contributed by atoms with E-state index in [2.05, 4.69) is 26.0 Å². The number of esters is 1. The molecule has 0 saturated carbocycles. The van der Waals surface area contributed by atoms with Crippen LogP contribution in [0.5, 0.6) is 11.5 Å². The van der Waals surface area contributed by atoms with Gasteiger partial charge in [0.05, 0.1) is 13.5 Å². The maximum atomic E-state index is 12.8. The number of ether oxygens (including phenoxy) is 3. The van der Waals surface area contributed by atoms with Crippen molar-refractivity contribution in [2.45, 2.75) is 32.3 Å². The minimum absolute atomic E-state index is 0.0353. The van der Waals surface area contributed by atoms with E-state index < -0.39 is 5.97 Å². The normalized spacial score (nSPS) is 13.2. The largest absolute Gasteiger partial charge is 0.486 e. The highest BCUT2D eigenvalue weighted by Gasteiger charge is 2.18. The highest BCUT2D eigenvalue weighted by atomic mass is 16.6. The van der Waals surface area contributed by atoms with Crippen molar-refractivity contribution in [2.24, 2.45) is 0 Å². The van der Waals surface area contributed by atoms with Gasteiger partial charge >= 0.3 is 12.0 Å². The summed E-state index contributed by atoms with van der Waals surface area (Å²) in [6.45, 7) is 3.38. The second kappa shape index (κ2) is 14.0. The molecule has 0 aliphatic carbocycles. The predicted molar refractivity (Wildman–Crippen MR) is 153 cm³/mol. The van der Waals surface area contributed by atoms with E-state index in [4.69, 9.17) is 9.47 Å². The Morgan fingerprint density at radius 1 is 0.875 bits per heavy atom. The van der Waals surface area contributed by atoms with Gasteiger partial charge < -0.3 is 35.5 Å². The smallest absolute Gasteiger partial charge is 0.343 e. The monoisotopic (exact) mass is 546 g/mol. The van der Waals surface area contributed by atoms with Gasteiger partial charge in [0.25, 0.3) is 0 Å². The number of anilines is 3. The number of amides is 3. The lowest BCUT2D eigenvalue weighted by atomic mass is 10.1. The molecule has 1 heterocycles. The summed E-state index contributed by atoms with van der Waals surface area (Å²) in [5.74, 6) is 0.0984. The fourth-order valence-electron chi connectivity index (χ4n) is 4.18. The first kappa shape index (κ1) is 28.4. The number of urea groups is 1. The zero-order valence-electron chi connectivity index (χ0n) is 22.6. The van der Waals surface area contributed by atoms with Crippen molar-refractivity contribution in [1.29, 1.82) is 0 Å². The van der Waals surface area contributed by atoms with Crippen molar-refractivity contribution in [3.8, 4) is 11.5 Å². The van der Waals surface area contributed by atoms with Crippen molar-refractivity contribution in [3.63, 3.8) is 0 Å². The Balaban J connectivity index is 1.34. The third-order valence-corrected chi connectivity index (χ3v) is 6.35. The second-order valence-electron chi connectivity index (χ2n) is 9.41. The van der Waals surface area contributed by atoms with Crippen LogP contribution in [0, 0.1) is 6.92 Å². The molecular weight excluding hydrogens is 512 g/mol. The van der Waals surface area contributed by atoms with Crippen LogP contribution in [0.4, 0.5) is 21.9 Å². The molecule has 0 spiro atoms. The van der Waals surface area contributed by atoms with E-state index in [9.17, 15) is 14.4 Å². The minimum atomic E-state index is -0.521. The quantitative estimate of drug-likeness (QED) is 0.276.